The molecule has 0 spiro atoms. The third-order valence-corrected chi connectivity index (χ3v) is 7.25. The van der Waals surface area contributed by atoms with E-state index in [9.17, 15) is 34.0 Å². The molecule has 0 aliphatic carbocycles. The number of nitrogens with two attached hydrogens (primary N) is 1. The van der Waals surface area contributed by atoms with Crippen LogP contribution in [0.15, 0.2) is 31.6 Å². The average molecular weight is 545 g/mol. The smallest absolute Gasteiger partial charge is 0.394 e. The molecule has 37 heavy (non-hydrogen) atoms. The number of hydrogen-bond donors (Lipinski definition) is 5. The summed E-state index contributed by atoms with van der Waals surface area (Å²) in [7, 11) is -4.28. The van der Waals surface area contributed by atoms with Crippen molar-refractivity contribution < 1.29 is 33.3 Å². The standard InChI is InChI=1S/C20H28N5O11P/c1-9-5-24(19(30)22-17(9)28)15-3-11(27)14(35-15)8-33-37(21,32)36-12-4-16(34-13(12)7-26)25-6-10(2)18(29)23-20(25)31/h5-6,11-16,26-27H,3-4,7-8H2,1-2H3,(H2,21,32)(H,22,28,30)(H,23,29,31)/t11-,12-,13+,14+,15+,16+,37?/m0/s1. The molecule has 2 aromatic rings. The number of aromatic amines is 2. The number of hydrogen-bond acceptors (Lipinski definition) is 11. The van der Waals surface area contributed by atoms with Gasteiger partial charge in [-0.1, -0.05) is 0 Å². The molecule has 2 aliphatic rings. The zero-order chi connectivity index (χ0) is 27.1. The molecule has 1 unspecified atom stereocenters. The normalized spacial score (nSPS) is 29.4. The number of aromatic nitrogens is 4. The van der Waals surface area contributed by atoms with Crippen molar-refractivity contribution in [3.63, 3.8) is 0 Å². The summed E-state index contributed by atoms with van der Waals surface area (Å²) in [6.45, 7) is 2.01. The number of aliphatic hydroxyl groups excluding tert-OH is 2. The highest BCUT2D eigenvalue weighted by molar-refractivity contribution is 7.51. The first-order chi connectivity index (χ1) is 17.4. The summed E-state index contributed by atoms with van der Waals surface area (Å²) in [6.07, 6.45) is -3.46. The summed E-state index contributed by atoms with van der Waals surface area (Å²) < 4.78 is 37.0. The number of nitrogens with zero attached hydrogens (tertiary/aromatic N) is 2. The van der Waals surface area contributed by atoms with Crippen LogP contribution in [0.3, 0.4) is 0 Å². The van der Waals surface area contributed by atoms with Crippen LogP contribution < -0.4 is 28.0 Å². The van der Waals surface area contributed by atoms with Gasteiger partial charge in [-0.15, -0.1) is 0 Å². The number of rotatable bonds is 8. The van der Waals surface area contributed by atoms with Crippen LogP contribution in [0.4, 0.5) is 0 Å². The first-order valence-corrected chi connectivity index (χ1v) is 12.9. The van der Waals surface area contributed by atoms with Gasteiger partial charge in [0.1, 0.15) is 30.8 Å². The van der Waals surface area contributed by atoms with Gasteiger partial charge in [-0.05, 0) is 13.8 Å². The van der Waals surface area contributed by atoms with E-state index in [-0.39, 0.29) is 24.0 Å². The summed E-state index contributed by atoms with van der Waals surface area (Å²) in [5, 5.41) is 20.0. The molecule has 0 amide bonds. The van der Waals surface area contributed by atoms with Crippen LogP contribution in [0.1, 0.15) is 36.4 Å². The van der Waals surface area contributed by atoms with Gasteiger partial charge in [0.05, 0.1) is 19.3 Å². The van der Waals surface area contributed by atoms with Crippen LogP contribution in [-0.4, -0.2) is 66.9 Å². The molecular formula is C20H28N5O11P. The van der Waals surface area contributed by atoms with E-state index in [1.165, 1.54) is 26.2 Å². The molecule has 4 heterocycles. The zero-order valence-electron chi connectivity index (χ0n) is 19.9. The van der Waals surface area contributed by atoms with Crippen molar-refractivity contribution in [1.82, 2.24) is 19.1 Å². The minimum atomic E-state index is -4.28. The van der Waals surface area contributed by atoms with E-state index in [1.807, 2.05) is 0 Å². The number of H-pyrrole nitrogens is 2. The van der Waals surface area contributed by atoms with Crippen LogP contribution >= 0.6 is 7.75 Å². The Hall–Kier alpha value is -2.69. The van der Waals surface area contributed by atoms with Gasteiger partial charge in [-0.2, -0.15) is 0 Å². The Bertz CT molecular complexity index is 1430. The number of aryl methyl sites for hydroxylation is 2. The Morgan fingerprint density at radius 1 is 1.00 bits per heavy atom. The highest BCUT2D eigenvalue weighted by Gasteiger charge is 2.42. The van der Waals surface area contributed by atoms with E-state index in [4.69, 9.17) is 24.0 Å². The molecule has 7 atom stereocenters. The van der Waals surface area contributed by atoms with Crippen molar-refractivity contribution in [1.29, 1.82) is 0 Å². The molecular weight excluding hydrogens is 517 g/mol. The van der Waals surface area contributed by atoms with Crippen molar-refractivity contribution in [2.45, 2.75) is 63.6 Å². The second-order valence-electron chi connectivity index (χ2n) is 8.92. The fourth-order valence-corrected chi connectivity index (χ4v) is 5.19. The topological polar surface area (TPSA) is 230 Å². The highest BCUT2D eigenvalue weighted by Crippen LogP contribution is 2.46. The molecule has 2 aliphatic heterocycles. The first-order valence-electron chi connectivity index (χ1n) is 11.3. The SMILES string of the molecule is Cc1cn([C@H]2C[C@H](OP(N)(=O)OC[C@H]3O[C@@H](n4cc(C)c(=O)[nH]c4=O)C[C@@H]3O)[C@@H](CO)O2)c(=O)[nH]c1=O. The quantitative estimate of drug-likeness (QED) is 0.229. The first kappa shape index (κ1) is 27.3. The zero-order valence-corrected chi connectivity index (χ0v) is 20.8. The summed E-state index contributed by atoms with van der Waals surface area (Å²) in [4.78, 5) is 51.8. The van der Waals surface area contributed by atoms with E-state index >= 15 is 0 Å². The van der Waals surface area contributed by atoms with Crippen LogP contribution in [0.2, 0.25) is 0 Å². The molecule has 4 rings (SSSR count). The minimum absolute atomic E-state index is 0.00673. The van der Waals surface area contributed by atoms with E-state index in [0.717, 1.165) is 9.13 Å². The summed E-state index contributed by atoms with van der Waals surface area (Å²) in [5.74, 6) is 0. The molecule has 2 aromatic heterocycles. The van der Waals surface area contributed by atoms with Gasteiger partial charge in [-0.25, -0.2) is 19.7 Å². The van der Waals surface area contributed by atoms with Crippen LogP contribution in [0.5, 0.6) is 0 Å². The summed E-state index contributed by atoms with van der Waals surface area (Å²) in [6, 6.07) is 0. The lowest BCUT2D eigenvalue weighted by atomic mass is 10.2. The van der Waals surface area contributed by atoms with Gasteiger partial charge in [0, 0.05) is 36.4 Å². The maximum atomic E-state index is 12.8. The van der Waals surface area contributed by atoms with Crippen LogP contribution in [0, 0.1) is 13.8 Å². The van der Waals surface area contributed by atoms with Gasteiger partial charge in [0.15, 0.2) is 0 Å². The van der Waals surface area contributed by atoms with Crippen LogP contribution in [0.25, 0.3) is 0 Å². The Kier molecular flexibility index (Phi) is 7.83. The maximum Gasteiger partial charge on any atom is 0.403 e. The van der Waals surface area contributed by atoms with Gasteiger partial charge in [-0.3, -0.25) is 37.7 Å². The van der Waals surface area contributed by atoms with Gasteiger partial charge in [0.25, 0.3) is 11.1 Å². The molecule has 6 N–H and O–H groups in total. The van der Waals surface area contributed by atoms with E-state index < -0.39 is 80.3 Å². The van der Waals surface area contributed by atoms with Gasteiger partial charge < -0.3 is 19.7 Å². The van der Waals surface area contributed by atoms with E-state index in [0.29, 0.717) is 0 Å². The summed E-state index contributed by atoms with van der Waals surface area (Å²) in [5.41, 5.74) is 3.71. The Balaban J connectivity index is 1.39. The fourth-order valence-electron chi connectivity index (χ4n) is 4.18. The largest absolute Gasteiger partial charge is 0.403 e. The molecule has 0 saturated carbocycles. The molecule has 204 valence electrons. The average Bonchev–Trinajstić information content (AvgIpc) is 3.39. The second kappa shape index (κ2) is 10.6. The lowest BCUT2D eigenvalue weighted by Crippen LogP contribution is -2.33. The lowest BCUT2D eigenvalue weighted by Gasteiger charge is -2.22. The number of aliphatic hydroxyl groups is 2. The van der Waals surface area contributed by atoms with Crippen molar-refractivity contribution in [3.05, 3.63) is 65.2 Å². The molecule has 0 radical (unpaired) electrons. The maximum absolute atomic E-state index is 12.8. The number of nitrogens with one attached hydrogen (secondary N) is 2. The highest BCUT2D eigenvalue weighted by atomic mass is 31.2. The fraction of sp³-hybridized carbons (Fsp3) is 0.600. The Morgan fingerprint density at radius 3 is 2.05 bits per heavy atom. The third kappa shape index (κ3) is 5.91. The van der Waals surface area contributed by atoms with Gasteiger partial charge >= 0.3 is 19.1 Å². The second-order valence-corrected chi connectivity index (χ2v) is 10.5. The molecule has 17 heteroatoms. The molecule has 16 nitrogen and oxygen atoms in total. The van der Waals surface area contributed by atoms with E-state index in [2.05, 4.69) is 9.97 Å². The minimum Gasteiger partial charge on any atom is -0.394 e. The number of ether oxygens (including phenoxy) is 2. The third-order valence-electron chi connectivity index (χ3n) is 6.18. The van der Waals surface area contributed by atoms with Crippen molar-refractivity contribution in [2.75, 3.05) is 13.2 Å². The van der Waals surface area contributed by atoms with E-state index in [1.54, 1.807) is 0 Å². The predicted molar refractivity (Wildman–Crippen MR) is 125 cm³/mol. The Labute approximate surface area is 208 Å². The molecule has 0 aromatic carbocycles. The van der Waals surface area contributed by atoms with Gasteiger partial charge in [0.2, 0.25) is 0 Å². The van der Waals surface area contributed by atoms with Crippen molar-refractivity contribution in [3.8, 4) is 0 Å². The molecule has 2 saturated heterocycles. The monoisotopic (exact) mass is 545 g/mol. The lowest BCUT2D eigenvalue weighted by molar-refractivity contribution is -0.0525. The molecule has 2 fully saturated rings. The summed E-state index contributed by atoms with van der Waals surface area (Å²) >= 11 is 0. The predicted octanol–water partition coefficient (Wildman–Crippen LogP) is -1.90. The Morgan fingerprint density at radius 2 is 1.51 bits per heavy atom. The van der Waals surface area contributed by atoms with Crippen molar-refractivity contribution in [2.24, 2.45) is 5.50 Å². The van der Waals surface area contributed by atoms with Crippen LogP contribution in [-0.2, 0) is 23.1 Å². The van der Waals surface area contributed by atoms with Crippen molar-refractivity contribution >= 4 is 7.75 Å². The molecule has 0 bridgehead atoms.